The Labute approximate surface area is 71.7 Å². The summed E-state index contributed by atoms with van der Waals surface area (Å²) in [5, 5.41) is 9.65. The van der Waals surface area contributed by atoms with E-state index in [0.717, 1.165) is 25.1 Å². The van der Waals surface area contributed by atoms with Gasteiger partial charge in [-0.3, -0.25) is 4.79 Å². The van der Waals surface area contributed by atoms with Gasteiger partial charge in [-0.1, -0.05) is 6.08 Å². The quantitative estimate of drug-likeness (QED) is 0.575. The molecule has 0 aliphatic carbocycles. The third-order valence-electron chi connectivity index (χ3n) is 2.60. The predicted molar refractivity (Wildman–Crippen MR) is 44.3 cm³/mol. The minimum Gasteiger partial charge on any atom is -0.380 e. The third kappa shape index (κ3) is 0.966. The SMILES string of the molecule is CC1(O)CC=C2CCCN2C1=O. The van der Waals surface area contributed by atoms with Crippen molar-refractivity contribution in [1.29, 1.82) is 0 Å². The Kier molecular flexibility index (Phi) is 1.51. The highest BCUT2D eigenvalue weighted by Gasteiger charge is 2.39. The monoisotopic (exact) mass is 167 g/mol. The van der Waals surface area contributed by atoms with E-state index in [0.29, 0.717) is 6.42 Å². The summed E-state index contributed by atoms with van der Waals surface area (Å²) in [5.41, 5.74) is -0.0556. The fraction of sp³-hybridized carbons (Fsp3) is 0.667. The van der Waals surface area contributed by atoms with E-state index in [4.69, 9.17) is 0 Å². The molecule has 1 fully saturated rings. The summed E-state index contributed by atoms with van der Waals surface area (Å²) in [7, 11) is 0. The molecule has 0 aromatic heterocycles. The van der Waals surface area contributed by atoms with Crippen molar-refractivity contribution in [2.45, 2.75) is 31.8 Å². The first-order valence-electron chi connectivity index (χ1n) is 4.35. The van der Waals surface area contributed by atoms with Crippen LogP contribution in [-0.4, -0.2) is 28.1 Å². The molecule has 0 saturated carbocycles. The molecule has 0 bridgehead atoms. The van der Waals surface area contributed by atoms with E-state index in [1.54, 1.807) is 11.8 Å². The molecule has 2 rings (SSSR count). The Hall–Kier alpha value is -0.830. The molecule has 66 valence electrons. The number of aliphatic hydroxyl groups is 1. The van der Waals surface area contributed by atoms with Crippen molar-refractivity contribution in [2.75, 3.05) is 6.54 Å². The second-order valence-corrected chi connectivity index (χ2v) is 3.73. The normalized spacial score (nSPS) is 35.0. The summed E-state index contributed by atoms with van der Waals surface area (Å²) in [4.78, 5) is 13.3. The summed E-state index contributed by atoms with van der Waals surface area (Å²) in [6.07, 6.45) is 4.47. The smallest absolute Gasteiger partial charge is 0.258 e. The first-order valence-corrected chi connectivity index (χ1v) is 4.35. The second kappa shape index (κ2) is 2.33. The summed E-state index contributed by atoms with van der Waals surface area (Å²) >= 11 is 0. The van der Waals surface area contributed by atoms with Crippen LogP contribution < -0.4 is 0 Å². The second-order valence-electron chi connectivity index (χ2n) is 3.73. The van der Waals surface area contributed by atoms with E-state index in [2.05, 4.69) is 0 Å². The number of carbonyl (C=O) groups excluding carboxylic acids is 1. The zero-order valence-electron chi connectivity index (χ0n) is 7.21. The Morgan fingerprint density at radius 2 is 2.42 bits per heavy atom. The molecule has 2 aliphatic rings. The van der Waals surface area contributed by atoms with Crippen molar-refractivity contribution >= 4 is 5.91 Å². The molecule has 1 N–H and O–H groups in total. The van der Waals surface area contributed by atoms with Crippen LogP contribution in [0.1, 0.15) is 26.2 Å². The van der Waals surface area contributed by atoms with Gasteiger partial charge in [0.2, 0.25) is 0 Å². The number of hydrogen-bond donors (Lipinski definition) is 1. The molecule has 3 nitrogen and oxygen atoms in total. The standard InChI is InChI=1S/C9H13NO2/c1-9(12)5-4-7-3-2-6-10(7)8(9)11/h4,12H,2-3,5-6H2,1H3. The first kappa shape index (κ1) is 7.80. The van der Waals surface area contributed by atoms with E-state index in [1.165, 1.54) is 0 Å². The molecule has 2 aliphatic heterocycles. The Balaban J connectivity index is 2.32. The van der Waals surface area contributed by atoms with Crippen LogP contribution in [0.5, 0.6) is 0 Å². The lowest BCUT2D eigenvalue weighted by Gasteiger charge is -2.32. The highest BCUT2D eigenvalue weighted by molar-refractivity contribution is 5.87. The molecular formula is C9H13NO2. The van der Waals surface area contributed by atoms with E-state index < -0.39 is 5.60 Å². The lowest BCUT2D eigenvalue weighted by Crippen LogP contribution is -2.47. The van der Waals surface area contributed by atoms with Crippen LogP contribution in [0.25, 0.3) is 0 Å². The van der Waals surface area contributed by atoms with E-state index in [-0.39, 0.29) is 5.91 Å². The van der Waals surface area contributed by atoms with Crippen LogP contribution in [0.2, 0.25) is 0 Å². The molecule has 12 heavy (non-hydrogen) atoms. The highest BCUT2D eigenvalue weighted by Crippen LogP contribution is 2.31. The van der Waals surface area contributed by atoms with E-state index >= 15 is 0 Å². The van der Waals surface area contributed by atoms with Crippen LogP contribution in [0.4, 0.5) is 0 Å². The predicted octanol–water partition coefficient (Wildman–Crippen LogP) is 0.647. The van der Waals surface area contributed by atoms with Crippen molar-refractivity contribution < 1.29 is 9.90 Å². The molecule has 1 saturated heterocycles. The fourth-order valence-corrected chi connectivity index (χ4v) is 1.84. The molecule has 0 radical (unpaired) electrons. The summed E-state index contributed by atoms with van der Waals surface area (Å²) in [6, 6.07) is 0. The van der Waals surface area contributed by atoms with Crippen molar-refractivity contribution in [3.05, 3.63) is 11.8 Å². The van der Waals surface area contributed by atoms with Gasteiger partial charge in [0.05, 0.1) is 0 Å². The number of nitrogens with zero attached hydrogens (tertiary/aromatic N) is 1. The Morgan fingerprint density at radius 1 is 1.67 bits per heavy atom. The van der Waals surface area contributed by atoms with Crippen LogP contribution in [0.15, 0.2) is 11.8 Å². The zero-order valence-corrected chi connectivity index (χ0v) is 7.21. The molecule has 0 aromatic rings. The molecule has 3 heteroatoms. The number of rotatable bonds is 0. The molecule has 1 atom stereocenters. The number of fused-ring (bicyclic) bond motifs is 1. The number of carbonyl (C=O) groups is 1. The minimum atomic E-state index is -1.16. The van der Waals surface area contributed by atoms with Gasteiger partial charge in [0, 0.05) is 18.7 Å². The van der Waals surface area contributed by atoms with Crippen LogP contribution >= 0.6 is 0 Å². The summed E-state index contributed by atoms with van der Waals surface area (Å²) in [6.45, 7) is 2.36. The molecule has 0 spiro atoms. The molecule has 2 heterocycles. The maximum Gasteiger partial charge on any atom is 0.258 e. The van der Waals surface area contributed by atoms with Gasteiger partial charge < -0.3 is 10.0 Å². The molecule has 1 unspecified atom stereocenters. The maximum absolute atomic E-state index is 11.6. The topological polar surface area (TPSA) is 40.5 Å². The van der Waals surface area contributed by atoms with E-state index in [9.17, 15) is 9.90 Å². The lowest BCUT2D eigenvalue weighted by atomic mass is 9.96. The summed E-state index contributed by atoms with van der Waals surface area (Å²) < 4.78 is 0. The average Bonchev–Trinajstić information content (AvgIpc) is 2.45. The van der Waals surface area contributed by atoms with Crippen LogP contribution in [-0.2, 0) is 4.79 Å². The van der Waals surface area contributed by atoms with Gasteiger partial charge in [-0.25, -0.2) is 0 Å². The average molecular weight is 167 g/mol. The molecule has 0 aromatic carbocycles. The number of hydrogen-bond acceptors (Lipinski definition) is 2. The summed E-state index contributed by atoms with van der Waals surface area (Å²) in [5.74, 6) is -0.127. The highest BCUT2D eigenvalue weighted by atomic mass is 16.3. The number of allylic oxidation sites excluding steroid dienone is 1. The van der Waals surface area contributed by atoms with Gasteiger partial charge >= 0.3 is 0 Å². The minimum absolute atomic E-state index is 0.127. The van der Waals surface area contributed by atoms with Gasteiger partial charge in [0.1, 0.15) is 5.60 Å². The molecule has 1 amide bonds. The first-order chi connectivity index (χ1) is 5.61. The third-order valence-corrected chi connectivity index (χ3v) is 2.60. The van der Waals surface area contributed by atoms with Gasteiger partial charge in [-0.15, -0.1) is 0 Å². The Morgan fingerprint density at radius 3 is 3.17 bits per heavy atom. The largest absolute Gasteiger partial charge is 0.380 e. The van der Waals surface area contributed by atoms with Crippen LogP contribution in [0.3, 0.4) is 0 Å². The van der Waals surface area contributed by atoms with Gasteiger partial charge in [-0.05, 0) is 19.8 Å². The zero-order chi connectivity index (χ0) is 8.77. The van der Waals surface area contributed by atoms with E-state index in [1.807, 2.05) is 6.08 Å². The van der Waals surface area contributed by atoms with Crippen molar-refractivity contribution in [3.8, 4) is 0 Å². The Bertz CT molecular complexity index is 255. The number of amides is 1. The van der Waals surface area contributed by atoms with Crippen molar-refractivity contribution in [3.63, 3.8) is 0 Å². The van der Waals surface area contributed by atoms with Gasteiger partial charge in [0.25, 0.3) is 5.91 Å². The molecular weight excluding hydrogens is 154 g/mol. The lowest BCUT2D eigenvalue weighted by molar-refractivity contribution is -0.147. The van der Waals surface area contributed by atoms with Crippen molar-refractivity contribution in [1.82, 2.24) is 4.90 Å². The van der Waals surface area contributed by atoms with Gasteiger partial charge in [-0.2, -0.15) is 0 Å². The van der Waals surface area contributed by atoms with Crippen molar-refractivity contribution in [2.24, 2.45) is 0 Å². The van der Waals surface area contributed by atoms with Crippen LogP contribution in [0, 0.1) is 0 Å². The fourth-order valence-electron chi connectivity index (χ4n) is 1.84. The van der Waals surface area contributed by atoms with Gasteiger partial charge in [0.15, 0.2) is 0 Å². The maximum atomic E-state index is 11.6.